The highest BCUT2D eigenvalue weighted by Gasteiger charge is 2.25. The Kier molecular flexibility index (Phi) is 5.23. The summed E-state index contributed by atoms with van der Waals surface area (Å²) >= 11 is 0. The number of aliphatic hydroxyl groups excluding tert-OH is 1. The van der Waals surface area contributed by atoms with E-state index < -0.39 is 6.10 Å². The first-order chi connectivity index (χ1) is 9.56. The minimum atomic E-state index is -0.539. The second-order valence-electron chi connectivity index (χ2n) is 5.45. The van der Waals surface area contributed by atoms with Crippen molar-refractivity contribution in [3.05, 3.63) is 24.3 Å². The van der Waals surface area contributed by atoms with Crippen molar-refractivity contribution < 1.29 is 14.6 Å². The SMILES string of the molecule is CC1CN(CC(O)COc2ccccc2N)C(C)CO1. The first-order valence-electron chi connectivity index (χ1n) is 7.07. The molecule has 3 atom stereocenters. The third kappa shape index (κ3) is 4.10. The van der Waals surface area contributed by atoms with Gasteiger partial charge in [-0.1, -0.05) is 12.1 Å². The molecule has 1 aromatic rings. The molecule has 1 aromatic carbocycles. The predicted octanol–water partition coefficient (Wildman–Crippen LogP) is 1.12. The van der Waals surface area contributed by atoms with Crippen LogP contribution in [0.1, 0.15) is 13.8 Å². The molecule has 112 valence electrons. The van der Waals surface area contributed by atoms with E-state index in [2.05, 4.69) is 11.8 Å². The molecule has 1 aliphatic heterocycles. The monoisotopic (exact) mass is 280 g/mol. The maximum absolute atomic E-state index is 10.1. The van der Waals surface area contributed by atoms with Crippen LogP contribution in [0.2, 0.25) is 0 Å². The van der Waals surface area contributed by atoms with Crippen molar-refractivity contribution in [2.45, 2.75) is 32.1 Å². The van der Waals surface area contributed by atoms with Crippen LogP contribution in [0.15, 0.2) is 24.3 Å². The Labute approximate surface area is 120 Å². The summed E-state index contributed by atoms with van der Waals surface area (Å²) < 4.78 is 11.1. The van der Waals surface area contributed by atoms with Crippen molar-refractivity contribution in [2.24, 2.45) is 0 Å². The lowest BCUT2D eigenvalue weighted by atomic mass is 10.2. The number of hydrogen-bond donors (Lipinski definition) is 2. The molecular weight excluding hydrogens is 256 g/mol. The Morgan fingerprint density at radius 2 is 2.20 bits per heavy atom. The van der Waals surface area contributed by atoms with E-state index in [4.69, 9.17) is 15.2 Å². The van der Waals surface area contributed by atoms with Crippen LogP contribution in [0.5, 0.6) is 5.75 Å². The van der Waals surface area contributed by atoms with Crippen molar-refractivity contribution in [1.29, 1.82) is 0 Å². The van der Waals surface area contributed by atoms with Gasteiger partial charge in [0.25, 0.3) is 0 Å². The molecule has 5 heteroatoms. The summed E-state index contributed by atoms with van der Waals surface area (Å²) in [5.74, 6) is 0.620. The lowest BCUT2D eigenvalue weighted by Crippen LogP contribution is -2.50. The highest BCUT2D eigenvalue weighted by atomic mass is 16.5. The number of benzene rings is 1. The van der Waals surface area contributed by atoms with Gasteiger partial charge in [-0.2, -0.15) is 0 Å². The third-order valence-electron chi connectivity index (χ3n) is 3.53. The second-order valence-corrected chi connectivity index (χ2v) is 5.45. The average molecular weight is 280 g/mol. The van der Waals surface area contributed by atoms with Crippen LogP contribution in [0.3, 0.4) is 0 Å². The van der Waals surface area contributed by atoms with E-state index in [1.54, 1.807) is 6.07 Å². The van der Waals surface area contributed by atoms with E-state index in [-0.39, 0.29) is 12.7 Å². The zero-order valence-corrected chi connectivity index (χ0v) is 12.2. The van der Waals surface area contributed by atoms with Crippen LogP contribution in [0, 0.1) is 0 Å². The third-order valence-corrected chi connectivity index (χ3v) is 3.53. The number of ether oxygens (including phenoxy) is 2. The van der Waals surface area contributed by atoms with Gasteiger partial charge in [0.15, 0.2) is 0 Å². The smallest absolute Gasteiger partial charge is 0.142 e. The molecule has 1 aliphatic rings. The molecule has 1 heterocycles. The van der Waals surface area contributed by atoms with Gasteiger partial charge < -0.3 is 20.3 Å². The minimum absolute atomic E-state index is 0.212. The lowest BCUT2D eigenvalue weighted by molar-refractivity contribution is -0.0650. The highest BCUT2D eigenvalue weighted by molar-refractivity contribution is 5.51. The number of nitrogens with zero attached hydrogens (tertiary/aromatic N) is 1. The summed E-state index contributed by atoms with van der Waals surface area (Å²) in [6.45, 7) is 6.53. The minimum Gasteiger partial charge on any atom is -0.489 e. The molecule has 0 aromatic heterocycles. The van der Waals surface area contributed by atoms with Crippen LogP contribution in [-0.4, -0.2) is 54.6 Å². The van der Waals surface area contributed by atoms with Crippen LogP contribution < -0.4 is 10.5 Å². The zero-order chi connectivity index (χ0) is 14.5. The fourth-order valence-electron chi connectivity index (χ4n) is 2.35. The van der Waals surface area contributed by atoms with Gasteiger partial charge in [-0.15, -0.1) is 0 Å². The van der Waals surface area contributed by atoms with Crippen LogP contribution in [-0.2, 0) is 4.74 Å². The number of β-amino-alcohol motifs (C(OH)–C–C–N with tert-alkyl or cyclic N) is 1. The summed E-state index contributed by atoms with van der Waals surface area (Å²) in [6, 6.07) is 7.64. The molecule has 0 saturated carbocycles. The highest BCUT2D eigenvalue weighted by Crippen LogP contribution is 2.20. The van der Waals surface area contributed by atoms with Crippen LogP contribution in [0.4, 0.5) is 5.69 Å². The molecule has 0 spiro atoms. The van der Waals surface area contributed by atoms with E-state index in [1.165, 1.54) is 0 Å². The standard InChI is InChI=1S/C15H24N2O3/c1-11-9-19-12(2)7-17(11)8-13(18)10-20-15-6-4-3-5-14(15)16/h3-6,11-13,18H,7-10,16H2,1-2H3. The normalized spacial score (nSPS) is 25.4. The summed E-state index contributed by atoms with van der Waals surface area (Å²) in [5.41, 5.74) is 6.39. The Morgan fingerprint density at radius 3 is 2.95 bits per heavy atom. The Balaban J connectivity index is 1.80. The molecular formula is C15H24N2O3. The Bertz CT molecular complexity index is 427. The second kappa shape index (κ2) is 6.92. The van der Waals surface area contributed by atoms with Gasteiger partial charge in [-0.3, -0.25) is 4.90 Å². The quantitative estimate of drug-likeness (QED) is 0.791. The van der Waals surface area contributed by atoms with Crippen molar-refractivity contribution in [2.75, 3.05) is 32.0 Å². The fourth-order valence-corrected chi connectivity index (χ4v) is 2.35. The number of nitrogen functional groups attached to an aromatic ring is 1. The number of anilines is 1. The summed E-state index contributed by atoms with van der Waals surface area (Å²) in [6.07, 6.45) is -0.327. The number of nitrogens with two attached hydrogens (primary N) is 1. The lowest BCUT2D eigenvalue weighted by Gasteiger charge is -2.37. The molecule has 5 nitrogen and oxygen atoms in total. The first kappa shape index (κ1) is 15.1. The Hall–Kier alpha value is -1.30. The van der Waals surface area contributed by atoms with Gasteiger partial charge in [-0.05, 0) is 26.0 Å². The van der Waals surface area contributed by atoms with Gasteiger partial charge in [0.1, 0.15) is 18.5 Å². The van der Waals surface area contributed by atoms with Crippen molar-refractivity contribution in [1.82, 2.24) is 4.90 Å². The van der Waals surface area contributed by atoms with Crippen molar-refractivity contribution in [3.63, 3.8) is 0 Å². The number of hydrogen-bond acceptors (Lipinski definition) is 5. The molecule has 20 heavy (non-hydrogen) atoms. The summed E-state index contributed by atoms with van der Waals surface area (Å²) in [4.78, 5) is 2.23. The van der Waals surface area contributed by atoms with E-state index in [0.717, 1.165) is 6.54 Å². The average Bonchev–Trinajstić information content (AvgIpc) is 2.42. The molecule has 3 N–H and O–H groups in total. The summed E-state index contributed by atoms with van der Waals surface area (Å²) in [7, 11) is 0. The van der Waals surface area contributed by atoms with Gasteiger partial charge >= 0.3 is 0 Å². The van der Waals surface area contributed by atoms with Gasteiger partial charge in [0.2, 0.25) is 0 Å². The predicted molar refractivity (Wildman–Crippen MR) is 78.8 cm³/mol. The molecule has 0 amide bonds. The maximum Gasteiger partial charge on any atom is 0.142 e. The largest absolute Gasteiger partial charge is 0.489 e. The molecule has 1 fully saturated rings. The topological polar surface area (TPSA) is 68.0 Å². The molecule has 2 rings (SSSR count). The first-order valence-corrected chi connectivity index (χ1v) is 7.07. The van der Waals surface area contributed by atoms with E-state index in [0.29, 0.717) is 30.6 Å². The Morgan fingerprint density at radius 1 is 1.45 bits per heavy atom. The maximum atomic E-state index is 10.1. The van der Waals surface area contributed by atoms with E-state index >= 15 is 0 Å². The number of morpholine rings is 1. The van der Waals surface area contributed by atoms with Crippen molar-refractivity contribution >= 4 is 5.69 Å². The molecule has 0 aliphatic carbocycles. The van der Waals surface area contributed by atoms with Crippen molar-refractivity contribution in [3.8, 4) is 5.75 Å². The van der Waals surface area contributed by atoms with E-state index in [1.807, 2.05) is 25.1 Å². The molecule has 0 bridgehead atoms. The number of aliphatic hydroxyl groups is 1. The molecule has 1 saturated heterocycles. The molecule has 0 radical (unpaired) electrons. The fraction of sp³-hybridized carbons (Fsp3) is 0.600. The van der Waals surface area contributed by atoms with Gasteiger partial charge in [0, 0.05) is 19.1 Å². The van der Waals surface area contributed by atoms with Crippen LogP contribution in [0.25, 0.3) is 0 Å². The summed E-state index contributed by atoms with van der Waals surface area (Å²) in [5, 5.41) is 10.1. The van der Waals surface area contributed by atoms with E-state index in [9.17, 15) is 5.11 Å². The van der Waals surface area contributed by atoms with Crippen LogP contribution >= 0.6 is 0 Å². The van der Waals surface area contributed by atoms with Gasteiger partial charge in [0.05, 0.1) is 18.4 Å². The number of rotatable bonds is 5. The van der Waals surface area contributed by atoms with Gasteiger partial charge in [-0.25, -0.2) is 0 Å². The zero-order valence-electron chi connectivity index (χ0n) is 12.2. The molecule has 3 unspecified atom stereocenters. The number of para-hydroxylation sites is 2.